The second-order valence-corrected chi connectivity index (χ2v) is 4.45. The maximum Gasteiger partial charge on any atom is 0.407 e. The highest BCUT2D eigenvalue weighted by Crippen LogP contribution is 2.34. The van der Waals surface area contributed by atoms with Gasteiger partial charge in [0.25, 0.3) is 0 Å². The SMILES string of the molecule is CCCNC(c1ccc2c(c1)COC2)C(F)(F)F. The van der Waals surface area contributed by atoms with Crippen LogP contribution in [0.2, 0.25) is 0 Å². The van der Waals surface area contributed by atoms with Gasteiger partial charge in [0, 0.05) is 0 Å². The third-order valence-electron chi connectivity index (χ3n) is 3.00. The summed E-state index contributed by atoms with van der Waals surface area (Å²) in [5.41, 5.74) is 2.11. The van der Waals surface area contributed by atoms with Gasteiger partial charge in [-0.05, 0) is 29.7 Å². The Kier molecular flexibility index (Phi) is 3.92. The number of hydrogen-bond acceptors (Lipinski definition) is 2. The first-order valence-corrected chi connectivity index (χ1v) is 6.02. The molecule has 1 N–H and O–H groups in total. The molecule has 1 heterocycles. The lowest BCUT2D eigenvalue weighted by atomic mass is 10.0. The van der Waals surface area contributed by atoms with Crippen molar-refractivity contribution in [1.82, 2.24) is 5.32 Å². The van der Waals surface area contributed by atoms with E-state index in [1.807, 2.05) is 6.92 Å². The number of fused-ring (bicyclic) bond motifs is 1. The second-order valence-electron chi connectivity index (χ2n) is 4.45. The molecular formula is C13H16F3NO. The summed E-state index contributed by atoms with van der Waals surface area (Å²) in [5, 5.41) is 2.55. The molecule has 0 amide bonds. The Morgan fingerprint density at radius 3 is 2.67 bits per heavy atom. The molecule has 2 nitrogen and oxygen atoms in total. The molecule has 1 aromatic rings. The summed E-state index contributed by atoms with van der Waals surface area (Å²) in [7, 11) is 0. The summed E-state index contributed by atoms with van der Waals surface area (Å²) in [5.74, 6) is 0. The molecule has 1 atom stereocenters. The van der Waals surface area contributed by atoms with E-state index in [1.165, 1.54) is 6.07 Å². The Hall–Kier alpha value is -1.07. The smallest absolute Gasteiger partial charge is 0.372 e. The van der Waals surface area contributed by atoms with Crippen LogP contribution < -0.4 is 5.32 Å². The first-order valence-electron chi connectivity index (χ1n) is 6.02. The molecule has 0 bridgehead atoms. The van der Waals surface area contributed by atoms with Crippen molar-refractivity contribution in [3.05, 3.63) is 34.9 Å². The maximum atomic E-state index is 13.0. The standard InChI is InChI=1S/C13H16F3NO/c1-2-5-17-12(13(14,15)16)9-3-4-10-7-18-8-11(10)6-9/h3-4,6,12,17H,2,5,7-8H2,1H3. The molecule has 0 fully saturated rings. The monoisotopic (exact) mass is 259 g/mol. The highest BCUT2D eigenvalue weighted by molar-refractivity contribution is 5.35. The van der Waals surface area contributed by atoms with Crippen molar-refractivity contribution in [3.63, 3.8) is 0 Å². The van der Waals surface area contributed by atoms with Crippen LogP contribution in [0.3, 0.4) is 0 Å². The van der Waals surface area contributed by atoms with Crippen LogP contribution in [0.5, 0.6) is 0 Å². The molecule has 1 unspecified atom stereocenters. The number of ether oxygens (including phenoxy) is 1. The van der Waals surface area contributed by atoms with Gasteiger partial charge in [0.2, 0.25) is 0 Å². The molecule has 1 aliphatic rings. The van der Waals surface area contributed by atoms with Gasteiger partial charge in [-0.15, -0.1) is 0 Å². The minimum atomic E-state index is -4.27. The Morgan fingerprint density at radius 1 is 1.28 bits per heavy atom. The molecular weight excluding hydrogens is 243 g/mol. The molecule has 100 valence electrons. The van der Waals surface area contributed by atoms with Gasteiger partial charge in [-0.1, -0.05) is 25.1 Å². The van der Waals surface area contributed by atoms with Crippen molar-refractivity contribution in [3.8, 4) is 0 Å². The van der Waals surface area contributed by atoms with E-state index in [0.29, 0.717) is 26.2 Å². The lowest BCUT2D eigenvalue weighted by Gasteiger charge is -2.22. The Balaban J connectivity index is 2.25. The largest absolute Gasteiger partial charge is 0.407 e. The van der Waals surface area contributed by atoms with E-state index in [9.17, 15) is 13.2 Å². The molecule has 0 aromatic heterocycles. The predicted molar refractivity (Wildman–Crippen MR) is 62.0 cm³/mol. The van der Waals surface area contributed by atoms with Crippen molar-refractivity contribution in [2.24, 2.45) is 0 Å². The lowest BCUT2D eigenvalue weighted by Crippen LogP contribution is -2.34. The van der Waals surface area contributed by atoms with E-state index in [0.717, 1.165) is 11.1 Å². The molecule has 0 spiro atoms. The number of benzene rings is 1. The summed E-state index contributed by atoms with van der Waals surface area (Å²) in [6.45, 7) is 3.09. The molecule has 0 saturated carbocycles. The fraction of sp³-hybridized carbons (Fsp3) is 0.538. The zero-order valence-corrected chi connectivity index (χ0v) is 10.2. The second kappa shape index (κ2) is 5.28. The minimum absolute atomic E-state index is 0.264. The fourth-order valence-electron chi connectivity index (χ4n) is 2.08. The van der Waals surface area contributed by atoms with Gasteiger partial charge in [0.15, 0.2) is 0 Å². The highest BCUT2D eigenvalue weighted by atomic mass is 19.4. The van der Waals surface area contributed by atoms with Crippen LogP contribution in [0.25, 0.3) is 0 Å². The molecule has 5 heteroatoms. The van der Waals surface area contributed by atoms with Gasteiger partial charge in [-0.3, -0.25) is 0 Å². The number of rotatable bonds is 4. The molecule has 1 aromatic carbocycles. The lowest BCUT2D eigenvalue weighted by molar-refractivity contribution is -0.157. The molecule has 0 saturated heterocycles. The molecule has 0 aliphatic carbocycles. The molecule has 0 radical (unpaired) electrons. The van der Waals surface area contributed by atoms with Gasteiger partial charge >= 0.3 is 6.18 Å². The van der Waals surface area contributed by atoms with Gasteiger partial charge in [-0.2, -0.15) is 13.2 Å². The number of halogens is 3. The minimum Gasteiger partial charge on any atom is -0.372 e. The van der Waals surface area contributed by atoms with Gasteiger partial charge in [0.1, 0.15) is 6.04 Å². The Morgan fingerprint density at radius 2 is 2.00 bits per heavy atom. The summed E-state index contributed by atoms with van der Waals surface area (Å²) in [6, 6.07) is 3.27. The third kappa shape index (κ3) is 2.84. The van der Waals surface area contributed by atoms with Gasteiger partial charge in [-0.25, -0.2) is 0 Å². The van der Waals surface area contributed by atoms with Crippen LogP contribution in [0, 0.1) is 0 Å². The van der Waals surface area contributed by atoms with E-state index < -0.39 is 12.2 Å². The van der Waals surface area contributed by atoms with Crippen LogP contribution in [0.15, 0.2) is 18.2 Å². The number of alkyl halides is 3. The quantitative estimate of drug-likeness (QED) is 0.895. The zero-order valence-electron chi connectivity index (χ0n) is 10.2. The Labute approximate surface area is 104 Å². The maximum absolute atomic E-state index is 13.0. The van der Waals surface area contributed by atoms with Gasteiger partial charge < -0.3 is 10.1 Å². The summed E-state index contributed by atoms with van der Waals surface area (Å²) >= 11 is 0. The number of nitrogens with one attached hydrogen (secondary N) is 1. The van der Waals surface area contributed by atoms with E-state index in [1.54, 1.807) is 12.1 Å². The normalized spacial score (nSPS) is 16.7. The topological polar surface area (TPSA) is 21.3 Å². The fourth-order valence-corrected chi connectivity index (χ4v) is 2.08. The van der Waals surface area contributed by atoms with Crippen LogP contribution in [-0.4, -0.2) is 12.7 Å². The predicted octanol–water partition coefficient (Wildman–Crippen LogP) is 3.32. The average Bonchev–Trinajstić information content (AvgIpc) is 2.75. The average molecular weight is 259 g/mol. The summed E-state index contributed by atoms with van der Waals surface area (Å²) in [4.78, 5) is 0. The zero-order chi connectivity index (χ0) is 13.2. The van der Waals surface area contributed by atoms with E-state index in [4.69, 9.17) is 4.74 Å². The highest BCUT2D eigenvalue weighted by Gasteiger charge is 2.40. The number of hydrogen-bond donors (Lipinski definition) is 1. The van der Waals surface area contributed by atoms with Crippen molar-refractivity contribution < 1.29 is 17.9 Å². The first-order chi connectivity index (χ1) is 8.52. The molecule has 2 rings (SSSR count). The van der Waals surface area contributed by atoms with E-state index in [-0.39, 0.29) is 5.56 Å². The molecule has 18 heavy (non-hydrogen) atoms. The van der Waals surface area contributed by atoms with E-state index in [2.05, 4.69) is 5.32 Å². The van der Waals surface area contributed by atoms with Crippen LogP contribution in [0.4, 0.5) is 13.2 Å². The van der Waals surface area contributed by atoms with Crippen molar-refractivity contribution in [2.75, 3.05) is 6.54 Å². The molecule has 1 aliphatic heterocycles. The first kappa shape index (κ1) is 13.4. The van der Waals surface area contributed by atoms with Crippen LogP contribution in [-0.2, 0) is 18.0 Å². The van der Waals surface area contributed by atoms with Crippen molar-refractivity contribution >= 4 is 0 Å². The Bertz CT molecular complexity index is 417. The third-order valence-corrected chi connectivity index (χ3v) is 3.00. The van der Waals surface area contributed by atoms with Crippen LogP contribution in [0.1, 0.15) is 36.1 Å². The van der Waals surface area contributed by atoms with Crippen LogP contribution >= 0.6 is 0 Å². The van der Waals surface area contributed by atoms with Gasteiger partial charge in [0.05, 0.1) is 13.2 Å². The summed E-state index contributed by atoms with van der Waals surface area (Å²) < 4.78 is 44.2. The van der Waals surface area contributed by atoms with E-state index >= 15 is 0 Å². The summed E-state index contributed by atoms with van der Waals surface area (Å²) in [6.07, 6.45) is -3.61. The van der Waals surface area contributed by atoms with Crippen molar-refractivity contribution in [2.45, 2.75) is 38.8 Å². The van der Waals surface area contributed by atoms with Crippen molar-refractivity contribution in [1.29, 1.82) is 0 Å².